The minimum absolute atomic E-state index is 0.0518. The summed E-state index contributed by atoms with van der Waals surface area (Å²) < 4.78 is 5.50. The number of amides is 3. The van der Waals surface area contributed by atoms with E-state index in [1.807, 2.05) is 32.9 Å². The van der Waals surface area contributed by atoms with Gasteiger partial charge in [0.2, 0.25) is 0 Å². The van der Waals surface area contributed by atoms with E-state index in [9.17, 15) is 9.59 Å². The molecular weight excluding hydrogens is 436 g/mol. The second-order valence-electron chi connectivity index (χ2n) is 9.75. The van der Waals surface area contributed by atoms with Crippen molar-refractivity contribution < 1.29 is 14.3 Å². The Morgan fingerprint density at radius 1 is 1.06 bits per heavy atom. The Labute approximate surface area is 198 Å². The molecule has 2 saturated heterocycles. The van der Waals surface area contributed by atoms with Gasteiger partial charge in [-0.1, -0.05) is 0 Å². The van der Waals surface area contributed by atoms with Crippen molar-refractivity contribution in [2.75, 3.05) is 59.3 Å². The maximum atomic E-state index is 13.3. The third-order valence-electron chi connectivity index (χ3n) is 6.21. The maximum absolute atomic E-state index is 13.3. The number of carbonyl (C=O) groups is 2. The molecule has 5 rings (SSSR count). The molecule has 3 aliphatic heterocycles. The van der Waals surface area contributed by atoms with Crippen LogP contribution in [-0.2, 0) is 4.74 Å². The average Bonchev–Trinajstić information content (AvgIpc) is 3.22. The predicted molar refractivity (Wildman–Crippen MR) is 128 cm³/mol. The minimum Gasteiger partial charge on any atom is -0.444 e. The van der Waals surface area contributed by atoms with Crippen LogP contribution >= 0.6 is 0 Å². The van der Waals surface area contributed by atoms with Gasteiger partial charge in [-0.3, -0.25) is 15.2 Å². The second-order valence-corrected chi connectivity index (χ2v) is 9.75. The highest BCUT2D eigenvalue weighted by Crippen LogP contribution is 2.40. The molecule has 2 aromatic rings. The zero-order chi connectivity index (χ0) is 23.9. The van der Waals surface area contributed by atoms with Crippen molar-refractivity contribution >= 4 is 35.3 Å². The third-order valence-corrected chi connectivity index (χ3v) is 6.21. The zero-order valence-electron chi connectivity index (χ0n) is 19.8. The van der Waals surface area contributed by atoms with Crippen molar-refractivity contribution in [2.24, 2.45) is 0 Å². The number of ether oxygens (including phenoxy) is 1. The van der Waals surface area contributed by atoms with Crippen LogP contribution in [0.1, 0.15) is 27.2 Å². The first-order valence-corrected chi connectivity index (χ1v) is 11.6. The third kappa shape index (κ3) is 4.42. The fraction of sp³-hybridized carbons (Fsp3) is 0.522. The number of rotatable bonds is 2. The van der Waals surface area contributed by atoms with E-state index in [1.54, 1.807) is 22.2 Å². The summed E-state index contributed by atoms with van der Waals surface area (Å²) >= 11 is 0. The van der Waals surface area contributed by atoms with Crippen molar-refractivity contribution in [3.8, 4) is 0 Å². The smallest absolute Gasteiger partial charge is 0.410 e. The molecule has 0 aromatic carbocycles. The number of pyridine rings is 1. The van der Waals surface area contributed by atoms with E-state index in [0.717, 1.165) is 31.0 Å². The molecule has 0 radical (unpaired) electrons. The molecule has 3 aliphatic rings. The van der Waals surface area contributed by atoms with Gasteiger partial charge >= 0.3 is 12.1 Å². The van der Waals surface area contributed by atoms with E-state index in [2.05, 4.69) is 25.1 Å². The zero-order valence-corrected chi connectivity index (χ0v) is 19.8. The van der Waals surface area contributed by atoms with Gasteiger partial charge in [-0.15, -0.1) is 0 Å². The molecule has 5 heterocycles. The molecule has 1 unspecified atom stereocenters. The number of urea groups is 1. The minimum atomic E-state index is -0.516. The van der Waals surface area contributed by atoms with E-state index in [-0.39, 0.29) is 18.2 Å². The number of piperazine rings is 1. The lowest BCUT2D eigenvalue weighted by atomic mass is 10.2. The Hall–Kier alpha value is -3.63. The van der Waals surface area contributed by atoms with Gasteiger partial charge in [-0.25, -0.2) is 19.6 Å². The summed E-state index contributed by atoms with van der Waals surface area (Å²) in [5.74, 6) is 1.86. The maximum Gasteiger partial charge on any atom is 0.410 e. The fourth-order valence-electron chi connectivity index (χ4n) is 4.62. The molecule has 11 heteroatoms. The van der Waals surface area contributed by atoms with Crippen molar-refractivity contribution in [3.63, 3.8) is 0 Å². The number of nitrogens with zero attached hydrogens (tertiary/aromatic N) is 7. The highest BCUT2D eigenvalue weighted by Gasteiger charge is 2.40. The highest BCUT2D eigenvalue weighted by atomic mass is 16.6. The van der Waals surface area contributed by atoms with Crippen molar-refractivity contribution in [3.05, 3.63) is 30.7 Å². The van der Waals surface area contributed by atoms with Gasteiger partial charge in [0.05, 0.1) is 17.9 Å². The molecule has 2 aromatic heterocycles. The first-order valence-electron chi connectivity index (χ1n) is 11.6. The van der Waals surface area contributed by atoms with Crippen LogP contribution in [0.5, 0.6) is 0 Å². The summed E-state index contributed by atoms with van der Waals surface area (Å²) in [5, 5.41) is 2.85. The van der Waals surface area contributed by atoms with Crippen LogP contribution in [0.3, 0.4) is 0 Å². The van der Waals surface area contributed by atoms with E-state index >= 15 is 0 Å². The van der Waals surface area contributed by atoms with E-state index in [0.29, 0.717) is 37.8 Å². The molecule has 34 heavy (non-hydrogen) atoms. The van der Waals surface area contributed by atoms with Crippen LogP contribution in [-0.4, -0.2) is 82.9 Å². The summed E-state index contributed by atoms with van der Waals surface area (Å²) in [7, 11) is 0. The van der Waals surface area contributed by atoms with Crippen LogP contribution < -0.4 is 20.0 Å². The molecule has 0 spiro atoms. The average molecular weight is 467 g/mol. The number of nitrogens with one attached hydrogen (secondary N) is 1. The predicted octanol–water partition coefficient (Wildman–Crippen LogP) is 2.56. The lowest BCUT2D eigenvalue weighted by Gasteiger charge is -2.38. The number of aromatic nitrogens is 3. The lowest BCUT2D eigenvalue weighted by Crippen LogP contribution is -2.51. The van der Waals surface area contributed by atoms with E-state index < -0.39 is 5.60 Å². The Morgan fingerprint density at radius 3 is 2.56 bits per heavy atom. The van der Waals surface area contributed by atoms with E-state index in [1.165, 1.54) is 6.20 Å². The van der Waals surface area contributed by atoms with Crippen LogP contribution in [0.2, 0.25) is 0 Å². The van der Waals surface area contributed by atoms with Gasteiger partial charge < -0.3 is 19.4 Å². The van der Waals surface area contributed by atoms with Crippen LogP contribution in [0.4, 0.5) is 32.7 Å². The Morgan fingerprint density at radius 2 is 1.85 bits per heavy atom. The van der Waals surface area contributed by atoms with Crippen molar-refractivity contribution in [1.82, 2.24) is 19.9 Å². The van der Waals surface area contributed by atoms with Crippen LogP contribution in [0, 0.1) is 0 Å². The fourth-order valence-corrected chi connectivity index (χ4v) is 4.62. The molecule has 11 nitrogen and oxygen atoms in total. The van der Waals surface area contributed by atoms with Gasteiger partial charge in [0, 0.05) is 51.7 Å². The molecule has 2 fully saturated rings. The summed E-state index contributed by atoms with van der Waals surface area (Å²) in [6, 6.07) is 3.84. The Kier molecular flexibility index (Phi) is 5.62. The molecule has 1 atom stereocenters. The summed E-state index contributed by atoms with van der Waals surface area (Å²) in [5.41, 5.74) is 0.442. The molecule has 2 bridgehead atoms. The molecular formula is C23H30N8O3. The summed E-state index contributed by atoms with van der Waals surface area (Å²) in [6.45, 7) is 9.68. The monoisotopic (exact) mass is 466 g/mol. The molecule has 0 aliphatic carbocycles. The van der Waals surface area contributed by atoms with Crippen molar-refractivity contribution in [1.29, 1.82) is 0 Å². The Bertz CT molecular complexity index is 1070. The Balaban J connectivity index is 1.33. The second kappa shape index (κ2) is 8.62. The quantitative estimate of drug-likeness (QED) is 0.720. The first-order chi connectivity index (χ1) is 16.3. The number of anilines is 4. The highest BCUT2D eigenvalue weighted by molar-refractivity contribution is 6.04. The summed E-state index contributed by atoms with van der Waals surface area (Å²) in [4.78, 5) is 46.7. The SMILES string of the molecule is CC(C)(C)OC(=O)N1CCN(c2ccc3c(n2)N(C(=O)Nc2cnccn2)C2CCN3C2)CC1. The molecule has 180 valence electrons. The van der Waals surface area contributed by atoms with Crippen molar-refractivity contribution in [2.45, 2.75) is 38.8 Å². The van der Waals surface area contributed by atoms with Gasteiger partial charge in [0.1, 0.15) is 11.4 Å². The van der Waals surface area contributed by atoms with Gasteiger partial charge in [-0.2, -0.15) is 0 Å². The number of fused-ring (bicyclic) bond motifs is 4. The number of hydrogen-bond acceptors (Lipinski definition) is 8. The van der Waals surface area contributed by atoms with Crippen LogP contribution in [0.15, 0.2) is 30.7 Å². The van der Waals surface area contributed by atoms with Gasteiger partial charge in [0.15, 0.2) is 11.6 Å². The largest absolute Gasteiger partial charge is 0.444 e. The van der Waals surface area contributed by atoms with E-state index in [4.69, 9.17) is 9.72 Å². The standard InChI is InChI=1S/C23H30N8O3/c1-23(2,3)34-22(33)29-12-10-28(11-13-29)19-5-4-17-20(27-19)31(16-6-9-30(17)15-16)21(32)26-18-14-24-7-8-25-18/h4-5,7-8,14,16H,6,9-13,15H2,1-3H3,(H,25,26,32). The van der Waals surface area contributed by atoms with Crippen LogP contribution in [0.25, 0.3) is 0 Å². The number of hydrogen-bond donors (Lipinski definition) is 1. The normalized spacial score (nSPS) is 19.7. The topological polar surface area (TPSA) is 107 Å². The molecule has 1 N–H and O–H groups in total. The molecule has 0 saturated carbocycles. The van der Waals surface area contributed by atoms with Gasteiger partial charge in [-0.05, 0) is 39.3 Å². The van der Waals surface area contributed by atoms with Gasteiger partial charge in [0.25, 0.3) is 0 Å². The summed E-state index contributed by atoms with van der Waals surface area (Å²) in [6.07, 6.45) is 5.23. The lowest BCUT2D eigenvalue weighted by molar-refractivity contribution is 0.0240. The first kappa shape index (κ1) is 22.2. The number of carbonyl (C=O) groups excluding carboxylic acids is 2. The molecule has 3 amide bonds.